The molecule has 22 heavy (non-hydrogen) atoms. The summed E-state index contributed by atoms with van der Waals surface area (Å²) < 4.78 is 63.0. The maximum absolute atomic E-state index is 12.4. The molecule has 0 aliphatic rings. The third-order valence-electron chi connectivity index (χ3n) is 2.78. The van der Waals surface area contributed by atoms with E-state index in [1.807, 2.05) is 11.6 Å². The summed E-state index contributed by atoms with van der Waals surface area (Å²) in [5.41, 5.74) is -1.23. The summed E-state index contributed by atoms with van der Waals surface area (Å²) in [7, 11) is -4.26. The molecule has 0 aliphatic heterocycles. The van der Waals surface area contributed by atoms with Gasteiger partial charge in [0.2, 0.25) is 10.0 Å². The fourth-order valence-corrected chi connectivity index (χ4v) is 2.77. The molecule has 6 nitrogen and oxygen atoms in total. The molecular formula is C12H15F3N2O4S. The number of pyridine rings is 1. The van der Waals surface area contributed by atoms with Crippen LogP contribution in [0.25, 0.3) is 0 Å². The number of aromatic nitrogens is 1. The maximum Gasteiger partial charge on any atom is 0.433 e. The number of carboxylic acids is 1. The van der Waals surface area contributed by atoms with E-state index in [4.69, 9.17) is 5.11 Å². The molecule has 0 fully saturated rings. The summed E-state index contributed by atoms with van der Waals surface area (Å²) in [5.74, 6) is -1.35. The Balaban J connectivity index is 2.96. The van der Waals surface area contributed by atoms with Crippen LogP contribution in [0.3, 0.4) is 0 Å². The first-order chi connectivity index (χ1) is 10.1. The van der Waals surface area contributed by atoms with Gasteiger partial charge in [-0.15, -0.1) is 0 Å². The maximum atomic E-state index is 12.4. The predicted molar refractivity (Wildman–Crippen MR) is 70.5 cm³/mol. The van der Waals surface area contributed by atoms with Crippen LogP contribution in [0.4, 0.5) is 13.2 Å². The van der Waals surface area contributed by atoms with Gasteiger partial charge >= 0.3 is 12.1 Å². The quantitative estimate of drug-likeness (QED) is 0.792. The fourth-order valence-electron chi connectivity index (χ4n) is 1.60. The number of unbranched alkanes of at least 4 members (excludes halogenated alkanes) is 1. The van der Waals surface area contributed by atoms with E-state index in [-0.39, 0.29) is 6.42 Å². The standard InChI is InChI=1S/C12H15F3N2O4S/c1-2-3-4-9(11(18)19)17-22(20,21)8-5-6-10(16-7-8)12(13,14)15/h5-7,9,17H,2-4H2,1H3,(H,18,19). The Bertz CT molecular complexity index is 614. The highest BCUT2D eigenvalue weighted by Crippen LogP contribution is 2.27. The van der Waals surface area contributed by atoms with Gasteiger partial charge in [0.05, 0.1) is 0 Å². The zero-order valence-electron chi connectivity index (χ0n) is 11.6. The van der Waals surface area contributed by atoms with Crippen molar-refractivity contribution >= 4 is 16.0 Å². The Hall–Kier alpha value is -1.68. The van der Waals surface area contributed by atoms with Gasteiger partial charge in [0.1, 0.15) is 16.6 Å². The Morgan fingerprint density at radius 1 is 1.41 bits per heavy atom. The lowest BCUT2D eigenvalue weighted by molar-refractivity contribution is -0.141. The molecule has 1 atom stereocenters. The van der Waals surface area contributed by atoms with Crippen molar-refractivity contribution in [3.05, 3.63) is 24.0 Å². The third-order valence-corrected chi connectivity index (χ3v) is 4.24. The van der Waals surface area contributed by atoms with Crippen LogP contribution in [0, 0.1) is 0 Å². The van der Waals surface area contributed by atoms with Crippen LogP contribution >= 0.6 is 0 Å². The number of rotatable bonds is 7. The molecule has 0 amide bonds. The minimum absolute atomic E-state index is 0.0825. The van der Waals surface area contributed by atoms with Crippen molar-refractivity contribution in [1.29, 1.82) is 0 Å². The van der Waals surface area contributed by atoms with Crippen LogP contribution < -0.4 is 4.72 Å². The number of hydrogen-bond donors (Lipinski definition) is 2. The highest BCUT2D eigenvalue weighted by Gasteiger charge is 2.33. The molecule has 1 rings (SSSR count). The van der Waals surface area contributed by atoms with E-state index in [2.05, 4.69) is 4.98 Å². The van der Waals surface area contributed by atoms with Gasteiger partial charge in [-0.25, -0.2) is 8.42 Å². The molecule has 0 bridgehead atoms. The van der Waals surface area contributed by atoms with Gasteiger partial charge in [-0.1, -0.05) is 19.8 Å². The second kappa shape index (κ2) is 7.05. The van der Waals surface area contributed by atoms with Gasteiger partial charge in [-0.2, -0.15) is 17.9 Å². The van der Waals surface area contributed by atoms with Crippen LogP contribution in [-0.4, -0.2) is 30.5 Å². The lowest BCUT2D eigenvalue weighted by Crippen LogP contribution is -2.40. The van der Waals surface area contributed by atoms with Gasteiger partial charge in [-0.3, -0.25) is 9.78 Å². The molecule has 1 heterocycles. The van der Waals surface area contributed by atoms with Crippen molar-refractivity contribution in [3.8, 4) is 0 Å². The third kappa shape index (κ3) is 4.95. The highest BCUT2D eigenvalue weighted by atomic mass is 32.2. The first-order valence-corrected chi connectivity index (χ1v) is 7.84. The van der Waals surface area contributed by atoms with Crippen molar-refractivity contribution in [1.82, 2.24) is 9.71 Å². The number of carbonyl (C=O) groups is 1. The molecular weight excluding hydrogens is 325 g/mol. The first-order valence-electron chi connectivity index (χ1n) is 6.36. The Kier molecular flexibility index (Phi) is 5.89. The van der Waals surface area contributed by atoms with E-state index in [0.717, 1.165) is 6.07 Å². The smallest absolute Gasteiger partial charge is 0.433 e. The van der Waals surface area contributed by atoms with Gasteiger partial charge in [0.25, 0.3) is 0 Å². The molecule has 1 aromatic heterocycles. The molecule has 2 N–H and O–H groups in total. The van der Waals surface area contributed by atoms with E-state index in [0.29, 0.717) is 25.1 Å². The Morgan fingerprint density at radius 3 is 2.45 bits per heavy atom. The van der Waals surface area contributed by atoms with Crippen molar-refractivity contribution in [2.24, 2.45) is 0 Å². The van der Waals surface area contributed by atoms with Crippen molar-refractivity contribution in [3.63, 3.8) is 0 Å². The van der Waals surface area contributed by atoms with E-state index >= 15 is 0 Å². The molecule has 0 aromatic carbocycles. The normalized spacial score (nSPS) is 13.8. The molecule has 1 unspecified atom stereocenters. The van der Waals surface area contributed by atoms with Crippen LogP contribution in [0.2, 0.25) is 0 Å². The van der Waals surface area contributed by atoms with E-state index < -0.39 is 38.8 Å². The molecule has 0 saturated carbocycles. The number of aliphatic carboxylic acids is 1. The van der Waals surface area contributed by atoms with Crippen LogP contribution in [-0.2, 0) is 21.0 Å². The van der Waals surface area contributed by atoms with Crippen LogP contribution in [0.15, 0.2) is 23.2 Å². The summed E-state index contributed by atoms with van der Waals surface area (Å²) in [6.07, 6.45) is -2.89. The van der Waals surface area contributed by atoms with Gasteiger partial charge in [-0.05, 0) is 18.6 Å². The summed E-state index contributed by atoms with van der Waals surface area (Å²) in [4.78, 5) is 13.5. The topological polar surface area (TPSA) is 96.4 Å². The molecule has 10 heteroatoms. The zero-order chi connectivity index (χ0) is 17.0. The summed E-state index contributed by atoms with van der Waals surface area (Å²) >= 11 is 0. The van der Waals surface area contributed by atoms with Gasteiger partial charge < -0.3 is 5.11 Å². The van der Waals surface area contributed by atoms with Crippen molar-refractivity contribution in [2.45, 2.75) is 43.3 Å². The molecule has 0 aliphatic carbocycles. The average Bonchev–Trinajstić information content (AvgIpc) is 2.42. The fraction of sp³-hybridized carbons (Fsp3) is 0.500. The van der Waals surface area contributed by atoms with Crippen molar-refractivity contribution < 1.29 is 31.5 Å². The predicted octanol–water partition coefficient (Wildman–Crippen LogP) is 2.02. The Morgan fingerprint density at radius 2 is 2.05 bits per heavy atom. The molecule has 0 radical (unpaired) electrons. The van der Waals surface area contributed by atoms with E-state index in [1.165, 1.54) is 0 Å². The number of carboxylic acid groups (broad SMARTS) is 1. The van der Waals surface area contributed by atoms with E-state index in [1.54, 1.807) is 0 Å². The van der Waals surface area contributed by atoms with Crippen molar-refractivity contribution in [2.75, 3.05) is 0 Å². The zero-order valence-corrected chi connectivity index (χ0v) is 12.4. The van der Waals surface area contributed by atoms with Gasteiger partial charge in [0.15, 0.2) is 0 Å². The van der Waals surface area contributed by atoms with Gasteiger partial charge in [0, 0.05) is 6.20 Å². The first kappa shape index (κ1) is 18.4. The molecule has 0 spiro atoms. The molecule has 0 saturated heterocycles. The summed E-state index contributed by atoms with van der Waals surface area (Å²) in [6, 6.07) is -0.0833. The summed E-state index contributed by atoms with van der Waals surface area (Å²) in [6.45, 7) is 1.81. The number of hydrogen-bond acceptors (Lipinski definition) is 4. The second-order valence-electron chi connectivity index (χ2n) is 4.53. The number of nitrogens with one attached hydrogen (secondary N) is 1. The molecule has 1 aromatic rings. The number of alkyl halides is 3. The van der Waals surface area contributed by atoms with Crippen LogP contribution in [0.5, 0.6) is 0 Å². The van der Waals surface area contributed by atoms with Crippen LogP contribution in [0.1, 0.15) is 31.9 Å². The SMILES string of the molecule is CCCCC(NS(=O)(=O)c1ccc(C(F)(F)F)nc1)C(=O)O. The monoisotopic (exact) mass is 340 g/mol. The lowest BCUT2D eigenvalue weighted by atomic mass is 10.1. The summed E-state index contributed by atoms with van der Waals surface area (Å²) in [5, 5.41) is 8.97. The number of sulfonamides is 1. The number of nitrogens with zero attached hydrogens (tertiary/aromatic N) is 1. The average molecular weight is 340 g/mol. The lowest BCUT2D eigenvalue weighted by Gasteiger charge is -2.14. The minimum Gasteiger partial charge on any atom is -0.480 e. The number of halogens is 3. The largest absolute Gasteiger partial charge is 0.480 e. The van der Waals surface area contributed by atoms with E-state index in [9.17, 15) is 26.4 Å². The molecule has 124 valence electrons. The Labute approximate surface area is 125 Å². The highest BCUT2D eigenvalue weighted by molar-refractivity contribution is 7.89. The minimum atomic E-state index is -4.68. The second-order valence-corrected chi connectivity index (χ2v) is 6.25.